The van der Waals surface area contributed by atoms with Crippen molar-refractivity contribution in [2.75, 3.05) is 0 Å². The molecule has 0 aliphatic heterocycles. The third-order valence-electron chi connectivity index (χ3n) is 6.91. The molecule has 1 heterocycles. The quantitative estimate of drug-likeness (QED) is 0.160. The van der Waals surface area contributed by atoms with E-state index in [9.17, 15) is 0 Å². The minimum atomic E-state index is 0. The summed E-state index contributed by atoms with van der Waals surface area (Å²) >= 11 is 0. The van der Waals surface area contributed by atoms with Crippen molar-refractivity contribution < 1.29 is 32.7 Å². The zero-order valence-electron chi connectivity index (χ0n) is 18.3. The molecule has 0 aliphatic rings. The molecule has 1 radical (unpaired) electrons. The van der Waals surface area contributed by atoms with E-state index in [4.69, 9.17) is 0 Å². The Hall–Kier alpha value is -3.00. The van der Waals surface area contributed by atoms with Gasteiger partial charge < -0.3 is 4.57 Å². The first-order valence-corrected chi connectivity index (χ1v) is 11.0. The second kappa shape index (κ2) is 7.80. The number of hydrogen-bond acceptors (Lipinski definition) is 0. The zero-order valence-corrected chi connectivity index (χ0v) is 21.2. The number of rotatable bonds is 1. The van der Waals surface area contributed by atoms with Crippen molar-refractivity contribution in [2.24, 2.45) is 7.05 Å². The van der Waals surface area contributed by atoms with E-state index in [2.05, 4.69) is 115 Å². The molecule has 0 saturated heterocycles. The summed E-state index contributed by atoms with van der Waals surface area (Å²) in [5.41, 5.74) is 5.04. The summed E-state index contributed by atoms with van der Waals surface area (Å²) in [6.07, 6.45) is 0. The van der Waals surface area contributed by atoms with Crippen LogP contribution >= 0.6 is 0 Å². The Morgan fingerprint density at radius 1 is 0.576 bits per heavy atom. The van der Waals surface area contributed by atoms with E-state index in [1.54, 1.807) is 0 Å². The van der Waals surface area contributed by atoms with E-state index < -0.39 is 0 Å². The van der Waals surface area contributed by atoms with Crippen LogP contribution in [0.3, 0.4) is 0 Å². The second-order valence-corrected chi connectivity index (χ2v) is 8.62. The van der Waals surface area contributed by atoms with Gasteiger partial charge in [-0.15, -0.1) is 16.8 Å². The fraction of sp³-hybridized carbons (Fsp3) is 0.0323. The van der Waals surface area contributed by atoms with Gasteiger partial charge in [0.25, 0.3) is 0 Å². The van der Waals surface area contributed by atoms with Gasteiger partial charge in [-0.25, -0.2) is 0 Å². The number of aryl methyl sites for hydroxylation is 1. The maximum absolute atomic E-state index is 3.18. The molecule has 0 saturated carbocycles. The molecule has 0 amide bonds. The normalized spacial score (nSPS) is 11.5. The minimum Gasteiger partial charge on any atom is -0.344 e. The molecule has 153 valence electrons. The Morgan fingerprint density at radius 3 is 2.24 bits per heavy atom. The SMILES string of the molecule is Cn1c2ccc(-c3ccc4c(ccc5c[c-]ccc54)c3)cc2c2c3ccccc3ccc21.[Y]. The second-order valence-electron chi connectivity index (χ2n) is 8.62. The number of aromatic nitrogens is 1. The molecule has 2 heteroatoms. The van der Waals surface area contributed by atoms with Crippen LogP contribution in [0.25, 0.3) is 65.3 Å². The van der Waals surface area contributed by atoms with Crippen LogP contribution in [0.2, 0.25) is 0 Å². The third-order valence-corrected chi connectivity index (χ3v) is 6.91. The molecule has 1 aromatic heterocycles. The van der Waals surface area contributed by atoms with Gasteiger partial charge in [0.2, 0.25) is 0 Å². The van der Waals surface area contributed by atoms with E-state index >= 15 is 0 Å². The summed E-state index contributed by atoms with van der Waals surface area (Å²) in [7, 11) is 2.16. The van der Waals surface area contributed by atoms with Crippen LogP contribution in [0.15, 0.2) is 103 Å². The van der Waals surface area contributed by atoms with Crippen LogP contribution in [0.4, 0.5) is 0 Å². The molecule has 0 unspecified atom stereocenters. The standard InChI is InChI=1S/C31H20N.Y/c1-32-29-16-14-23(19-28(29)31-27-9-5-3-7-21(27)13-17-30(31)32)22-12-15-26-24(18-22)11-10-20-6-2-4-8-25(20)26;/h3-19H,1H3;/q-1;. The van der Waals surface area contributed by atoms with Crippen LogP contribution in [-0.2, 0) is 39.8 Å². The fourth-order valence-corrected chi connectivity index (χ4v) is 5.29. The van der Waals surface area contributed by atoms with Gasteiger partial charge in [0.1, 0.15) is 0 Å². The summed E-state index contributed by atoms with van der Waals surface area (Å²) in [4.78, 5) is 0. The van der Waals surface area contributed by atoms with Crippen LogP contribution in [0.1, 0.15) is 0 Å². The van der Waals surface area contributed by atoms with Gasteiger partial charge in [-0.2, -0.15) is 24.3 Å². The van der Waals surface area contributed by atoms with Crippen molar-refractivity contribution in [2.45, 2.75) is 0 Å². The van der Waals surface area contributed by atoms with Crippen molar-refractivity contribution in [1.29, 1.82) is 0 Å². The van der Waals surface area contributed by atoms with Gasteiger partial charge in [-0.05, 0) is 56.9 Å². The van der Waals surface area contributed by atoms with Crippen LogP contribution in [-0.4, -0.2) is 4.57 Å². The van der Waals surface area contributed by atoms with Gasteiger partial charge in [-0.3, -0.25) is 0 Å². The van der Waals surface area contributed by atoms with Crippen LogP contribution < -0.4 is 0 Å². The molecule has 0 aliphatic carbocycles. The number of fused-ring (bicyclic) bond motifs is 8. The molecule has 6 aromatic carbocycles. The van der Waals surface area contributed by atoms with E-state index in [-0.39, 0.29) is 32.7 Å². The first-order chi connectivity index (χ1) is 15.8. The summed E-state index contributed by atoms with van der Waals surface area (Å²) in [5.74, 6) is 0. The Morgan fingerprint density at radius 2 is 1.30 bits per heavy atom. The Bertz CT molecular complexity index is 1840. The third kappa shape index (κ3) is 3.07. The summed E-state index contributed by atoms with van der Waals surface area (Å²) in [6, 6.07) is 40.7. The monoisotopic (exact) mass is 495 g/mol. The number of benzene rings is 6. The predicted octanol–water partition coefficient (Wildman–Crippen LogP) is 8.26. The number of hydrogen-bond donors (Lipinski definition) is 0. The van der Waals surface area contributed by atoms with Crippen molar-refractivity contribution >= 4 is 54.1 Å². The maximum Gasteiger partial charge on any atom is 0.0495 e. The Balaban J connectivity index is 0.00000206. The largest absolute Gasteiger partial charge is 0.344 e. The molecule has 0 atom stereocenters. The maximum atomic E-state index is 3.18. The summed E-state index contributed by atoms with van der Waals surface area (Å²) in [6.45, 7) is 0. The minimum absolute atomic E-state index is 0. The van der Waals surface area contributed by atoms with Crippen LogP contribution in [0, 0.1) is 6.07 Å². The average molecular weight is 495 g/mol. The molecule has 33 heavy (non-hydrogen) atoms. The molecular formula is C31H20NY-. The Labute approximate surface area is 217 Å². The smallest absolute Gasteiger partial charge is 0.0495 e. The summed E-state index contributed by atoms with van der Waals surface area (Å²) in [5, 5.41) is 10.3. The molecule has 1 nitrogen and oxygen atoms in total. The van der Waals surface area contributed by atoms with Gasteiger partial charge in [-0.1, -0.05) is 54.6 Å². The molecule has 7 rings (SSSR count). The van der Waals surface area contributed by atoms with E-state index in [1.807, 2.05) is 6.07 Å². The Kier molecular flexibility index (Phi) is 4.87. The van der Waals surface area contributed by atoms with Crippen molar-refractivity contribution in [3.63, 3.8) is 0 Å². The fourth-order valence-electron chi connectivity index (χ4n) is 5.29. The first-order valence-electron chi connectivity index (χ1n) is 11.0. The van der Waals surface area contributed by atoms with Crippen LogP contribution in [0.5, 0.6) is 0 Å². The molecule has 0 bridgehead atoms. The molecule has 7 aromatic rings. The summed E-state index contributed by atoms with van der Waals surface area (Å²) < 4.78 is 2.31. The van der Waals surface area contributed by atoms with E-state index in [1.165, 1.54) is 65.3 Å². The average Bonchev–Trinajstić information content (AvgIpc) is 3.15. The molecular weight excluding hydrogens is 475 g/mol. The van der Waals surface area contributed by atoms with Gasteiger partial charge in [0.05, 0.1) is 0 Å². The van der Waals surface area contributed by atoms with Crippen molar-refractivity contribution in [3.8, 4) is 11.1 Å². The van der Waals surface area contributed by atoms with Gasteiger partial charge >= 0.3 is 0 Å². The molecule has 0 fully saturated rings. The van der Waals surface area contributed by atoms with Gasteiger partial charge in [0, 0.05) is 61.6 Å². The van der Waals surface area contributed by atoms with E-state index in [0.717, 1.165) is 0 Å². The van der Waals surface area contributed by atoms with Crippen molar-refractivity contribution in [3.05, 3.63) is 109 Å². The van der Waals surface area contributed by atoms with Gasteiger partial charge in [0.15, 0.2) is 0 Å². The molecule has 0 spiro atoms. The van der Waals surface area contributed by atoms with Crippen molar-refractivity contribution in [1.82, 2.24) is 4.57 Å². The zero-order chi connectivity index (χ0) is 21.2. The topological polar surface area (TPSA) is 4.93 Å². The predicted molar refractivity (Wildman–Crippen MR) is 137 cm³/mol. The number of nitrogens with zero attached hydrogens (tertiary/aromatic N) is 1. The molecule has 0 N–H and O–H groups in total. The first kappa shape index (κ1) is 20.6. The van der Waals surface area contributed by atoms with E-state index in [0.29, 0.717) is 0 Å².